The monoisotopic (exact) mass is 394 g/mol. The Morgan fingerprint density at radius 3 is 2.18 bits per heavy atom. The van der Waals surface area contributed by atoms with E-state index in [4.69, 9.17) is 5.73 Å². The van der Waals surface area contributed by atoms with Crippen LogP contribution in [0.3, 0.4) is 0 Å². The molecule has 0 saturated carbocycles. The number of benzene rings is 2. The standard InChI is InChI=1S/C19H21F3N4O2/c1-26(2)17(27)15-7-3-13(4-8-15)11-24-18(23)25-12-14-5-9-16(10-6-14)28-19(20,21)22/h3-10H,11-12H2,1-2H3,(H3,23,24,25). The number of carbonyl (C=O) groups excluding carboxylic acids is 1. The number of guanidine groups is 1. The molecule has 2 rings (SSSR count). The highest BCUT2D eigenvalue weighted by Gasteiger charge is 2.30. The lowest BCUT2D eigenvalue weighted by atomic mass is 10.1. The molecule has 0 aliphatic carbocycles. The van der Waals surface area contributed by atoms with Crippen molar-refractivity contribution in [3.8, 4) is 5.75 Å². The van der Waals surface area contributed by atoms with E-state index in [1.54, 1.807) is 26.2 Å². The second-order valence-corrected chi connectivity index (χ2v) is 6.14. The van der Waals surface area contributed by atoms with Gasteiger partial charge in [0, 0.05) is 26.2 Å². The first-order chi connectivity index (χ1) is 13.1. The van der Waals surface area contributed by atoms with Crippen molar-refractivity contribution in [2.75, 3.05) is 14.1 Å². The van der Waals surface area contributed by atoms with Gasteiger partial charge in [0.2, 0.25) is 0 Å². The van der Waals surface area contributed by atoms with Gasteiger partial charge in [0.25, 0.3) is 5.91 Å². The maximum atomic E-state index is 12.1. The third-order valence-corrected chi connectivity index (χ3v) is 3.67. The first kappa shape index (κ1) is 21.1. The first-order valence-electron chi connectivity index (χ1n) is 8.33. The summed E-state index contributed by atoms with van der Waals surface area (Å²) in [6.45, 7) is 0.630. The van der Waals surface area contributed by atoms with Crippen molar-refractivity contribution in [1.29, 1.82) is 0 Å². The van der Waals surface area contributed by atoms with Gasteiger partial charge in [-0.15, -0.1) is 13.2 Å². The summed E-state index contributed by atoms with van der Waals surface area (Å²) in [5, 5.41) is 2.94. The van der Waals surface area contributed by atoms with E-state index in [-0.39, 0.29) is 24.2 Å². The molecule has 6 nitrogen and oxygen atoms in total. The SMILES string of the molecule is CN(C)C(=O)c1ccc(CNC(N)=NCc2ccc(OC(F)(F)F)cc2)cc1. The number of nitrogens with one attached hydrogen (secondary N) is 1. The van der Waals surface area contributed by atoms with Gasteiger partial charge in [0.05, 0.1) is 6.54 Å². The summed E-state index contributed by atoms with van der Waals surface area (Å²) in [5.41, 5.74) is 8.00. The fourth-order valence-corrected chi connectivity index (χ4v) is 2.24. The van der Waals surface area contributed by atoms with Crippen molar-refractivity contribution < 1.29 is 22.7 Å². The molecule has 0 aliphatic heterocycles. The van der Waals surface area contributed by atoms with Crippen LogP contribution in [0.15, 0.2) is 53.5 Å². The molecule has 0 spiro atoms. The molecule has 0 saturated heterocycles. The Morgan fingerprint density at radius 1 is 1.07 bits per heavy atom. The highest BCUT2D eigenvalue weighted by atomic mass is 19.4. The lowest BCUT2D eigenvalue weighted by Crippen LogP contribution is -2.31. The third-order valence-electron chi connectivity index (χ3n) is 3.67. The van der Waals surface area contributed by atoms with Crippen molar-refractivity contribution in [2.24, 2.45) is 10.7 Å². The number of nitrogens with two attached hydrogens (primary N) is 1. The number of amides is 1. The minimum absolute atomic E-state index is 0.0766. The molecule has 2 aromatic carbocycles. The molecule has 2 aromatic rings. The van der Waals surface area contributed by atoms with Crippen molar-refractivity contribution >= 4 is 11.9 Å². The molecule has 28 heavy (non-hydrogen) atoms. The lowest BCUT2D eigenvalue weighted by Gasteiger charge is -2.11. The quantitative estimate of drug-likeness (QED) is 0.583. The van der Waals surface area contributed by atoms with Gasteiger partial charge < -0.3 is 20.7 Å². The predicted molar refractivity (Wildman–Crippen MR) is 99.8 cm³/mol. The van der Waals surface area contributed by atoms with E-state index < -0.39 is 6.36 Å². The third kappa shape index (κ3) is 6.82. The molecule has 150 valence electrons. The number of carbonyl (C=O) groups is 1. The topological polar surface area (TPSA) is 80.0 Å². The molecule has 0 aliphatic rings. The molecule has 0 fully saturated rings. The van der Waals surface area contributed by atoms with Crippen LogP contribution < -0.4 is 15.8 Å². The Morgan fingerprint density at radius 2 is 1.64 bits per heavy atom. The van der Waals surface area contributed by atoms with Crippen LogP contribution in [-0.2, 0) is 13.1 Å². The molecule has 3 N–H and O–H groups in total. The largest absolute Gasteiger partial charge is 0.573 e. The second kappa shape index (κ2) is 9.12. The molecule has 0 atom stereocenters. The van der Waals surface area contributed by atoms with E-state index in [1.165, 1.54) is 29.2 Å². The van der Waals surface area contributed by atoms with Gasteiger partial charge in [-0.05, 0) is 35.4 Å². The summed E-state index contributed by atoms with van der Waals surface area (Å²) >= 11 is 0. The van der Waals surface area contributed by atoms with Gasteiger partial charge in [-0.25, -0.2) is 4.99 Å². The van der Waals surface area contributed by atoms with Gasteiger partial charge in [0.15, 0.2) is 5.96 Å². The molecule has 1 amide bonds. The van der Waals surface area contributed by atoms with E-state index in [0.29, 0.717) is 17.7 Å². The van der Waals surface area contributed by atoms with E-state index >= 15 is 0 Å². The molecule has 0 unspecified atom stereocenters. The van der Waals surface area contributed by atoms with E-state index in [0.717, 1.165) is 5.56 Å². The van der Waals surface area contributed by atoms with Crippen LogP contribution in [0.4, 0.5) is 13.2 Å². The van der Waals surface area contributed by atoms with Gasteiger partial charge in [-0.3, -0.25) is 4.79 Å². The van der Waals surface area contributed by atoms with Gasteiger partial charge in [-0.1, -0.05) is 24.3 Å². The maximum absolute atomic E-state index is 12.1. The van der Waals surface area contributed by atoms with Crippen molar-refractivity contribution in [2.45, 2.75) is 19.5 Å². The molecule has 9 heteroatoms. The van der Waals surface area contributed by atoms with Crippen LogP contribution >= 0.6 is 0 Å². The summed E-state index contributed by atoms with van der Waals surface area (Å²) in [6, 6.07) is 12.5. The van der Waals surface area contributed by atoms with Gasteiger partial charge >= 0.3 is 6.36 Å². The number of nitrogens with zero attached hydrogens (tertiary/aromatic N) is 2. The average molecular weight is 394 g/mol. The van der Waals surface area contributed by atoms with Crippen LogP contribution in [0.1, 0.15) is 21.5 Å². The normalized spacial score (nSPS) is 11.8. The zero-order chi connectivity index (χ0) is 20.7. The molecule has 0 radical (unpaired) electrons. The fourth-order valence-electron chi connectivity index (χ4n) is 2.24. The van der Waals surface area contributed by atoms with Crippen molar-refractivity contribution in [3.05, 3.63) is 65.2 Å². The van der Waals surface area contributed by atoms with E-state index in [2.05, 4.69) is 15.0 Å². The number of halogens is 3. The smallest absolute Gasteiger partial charge is 0.406 e. The Bertz CT molecular complexity index is 817. The van der Waals surface area contributed by atoms with E-state index in [1.807, 2.05) is 12.1 Å². The Labute approximate surface area is 160 Å². The number of alkyl halides is 3. The van der Waals surface area contributed by atoms with Gasteiger partial charge in [-0.2, -0.15) is 0 Å². The van der Waals surface area contributed by atoms with Crippen molar-refractivity contribution in [1.82, 2.24) is 10.2 Å². The zero-order valence-electron chi connectivity index (χ0n) is 15.5. The fraction of sp³-hybridized carbons (Fsp3) is 0.263. The number of rotatable bonds is 6. The number of aliphatic imine (C=N–C) groups is 1. The number of hydrogen-bond donors (Lipinski definition) is 2. The van der Waals surface area contributed by atoms with E-state index in [9.17, 15) is 18.0 Å². The zero-order valence-corrected chi connectivity index (χ0v) is 15.5. The summed E-state index contributed by atoms with van der Waals surface area (Å²) in [7, 11) is 3.37. The van der Waals surface area contributed by atoms with Crippen molar-refractivity contribution in [3.63, 3.8) is 0 Å². The summed E-state index contributed by atoms with van der Waals surface area (Å²) in [6.07, 6.45) is -4.72. The van der Waals surface area contributed by atoms with Gasteiger partial charge in [0.1, 0.15) is 5.75 Å². The van der Waals surface area contributed by atoms with Crippen LogP contribution in [-0.4, -0.2) is 37.2 Å². The first-order valence-corrected chi connectivity index (χ1v) is 8.33. The maximum Gasteiger partial charge on any atom is 0.573 e. The summed E-state index contributed by atoms with van der Waals surface area (Å²) in [5.74, 6) is -0.168. The molecular formula is C19H21F3N4O2. The lowest BCUT2D eigenvalue weighted by molar-refractivity contribution is -0.274. The molecule has 0 bridgehead atoms. The number of ether oxygens (including phenoxy) is 1. The highest BCUT2D eigenvalue weighted by molar-refractivity contribution is 5.93. The highest BCUT2D eigenvalue weighted by Crippen LogP contribution is 2.22. The molecule has 0 aromatic heterocycles. The Kier molecular flexibility index (Phi) is 6.86. The number of hydrogen-bond acceptors (Lipinski definition) is 3. The van der Waals surface area contributed by atoms with Crippen LogP contribution in [0.2, 0.25) is 0 Å². The van der Waals surface area contributed by atoms with Crippen LogP contribution in [0.5, 0.6) is 5.75 Å². The van der Waals surface area contributed by atoms with Crippen LogP contribution in [0, 0.1) is 0 Å². The summed E-state index contributed by atoms with van der Waals surface area (Å²) < 4.78 is 40.2. The summed E-state index contributed by atoms with van der Waals surface area (Å²) in [4.78, 5) is 17.5. The Hall–Kier alpha value is -3.23. The average Bonchev–Trinajstić information content (AvgIpc) is 2.64. The molecule has 0 heterocycles. The molecular weight excluding hydrogens is 373 g/mol. The Balaban J connectivity index is 1.85. The van der Waals surface area contributed by atoms with Crippen LogP contribution in [0.25, 0.3) is 0 Å². The second-order valence-electron chi connectivity index (χ2n) is 6.14. The predicted octanol–water partition coefficient (Wildman–Crippen LogP) is 2.89. The minimum atomic E-state index is -4.72. The minimum Gasteiger partial charge on any atom is -0.406 e.